The number of ether oxygens (including phenoxy) is 1. The second-order valence-electron chi connectivity index (χ2n) is 4.74. The fraction of sp³-hybridized carbons (Fsp3) is 0.462. The smallest absolute Gasteiger partial charge is 0.254 e. The van der Waals surface area contributed by atoms with Crippen LogP contribution in [0.4, 0.5) is 5.69 Å². The van der Waals surface area contributed by atoms with Crippen LogP contribution in [0.5, 0.6) is 0 Å². The molecule has 0 bridgehead atoms. The Balaban J connectivity index is 2.20. The molecule has 5 heteroatoms. The highest BCUT2D eigenvalue weighted by Crippen LogP contribution is 2.20. The lowest BCUT2D eigenvalue weighted by molar-refractivity contribution is -0.0586. The van der Waals surface area contributed by atoms with Gasteiger partial charge in [-0.25, -0.2) is 0 Å². The first-order valence-corrected chi connectivity index (χ1v) is 6.76. The van der Waals surface area contributed by atoms with Gasteiger partial charge in [0.05, 0.1) is 12.2 Å². The van der Waals surface area contributed by atoms with Gasteiger partial charge >= 0.3 is 0 Å². The van der Waals surface area contributed by atoms with E-state index in [1.54, 1.807) is 18.2 Å². The van der Waals surface area contributed by atoms with Gasteiger partial charge in [-0.2, -0.15) is 0 Å². The number of amides is 1. The molecule has 98 valence electrons. The minimum Gasteiger partial charge on any atom is -0.399 e. The van der Waals surface area contributed by atoms with Crippen LogP contribution in [0.2, 0.25) is 0 Å². The highest BCUT2D eigenvalue weighted by molar-refractivity contribution is 9.10. The molecule has 2 N–H and O–H groups in total. The quantitative estimate of drug-likeness (QED) is 0.809. The summed E-state index contributed by atoms with van der Waals surface area (Å²) in [7, 11) is 0. The van der Waals surface area contributed by atoms with E-state index in [1.165, 1.54) is 0 Å². The highest BCUT2D eigenvalue weighted by atomic mass is 79.9. The van der Waals surface area contributed by atoms with E-state index in [0.29, 0.717) is 24.3 Å². The number of carbonyl (C=O) groups is 1. The lowest BCUT2D eigenvalue weighted by atomic mass is 10.1. The third-order valence-corrected chi connectivity index (χ3v) is 3.33. The average molecular weight is 313 g/mol. The number of anilines is 1. The molecule has 1 fully saturated rings. The number of benzene rings is 1. The molecule has 0 aromatic heterocycles. The zero-order valence-corrected chi connectivity index (χ0v) is 12.1. The first kappa shape index (κ1) is 13.4. The van der Waals surface area contributed by atoms with Crippen LogP contribution in [0.3, 0.4) is 0 Å². The molecule has 1 heterocycles. The predicted molar refractivity (Wildman–Crippen MR) is 74.5 cm³/mol. The van der Waals surface area contributed by atoms with E-state index in [9.17, 15) is 4.79 Å². The molecule has 2 rings (SSSR count). The van der Waals surface area contributed by atoms with Crippen molar-refractivity contribution in [3.63, 3.8) is 0 Å². The average Bonchev–Trinajstić information content (AvgIpc) is 2.25. The van der Waals surface area contributed by atoms with Crippen LogP contribution in [0.1, 0.15) is 24.2 Å². The van der Waals surface area contributed by atoms with E-state index < -0.39 is 0 Å². The molecule has 4 nitrogen and oxygen atoms in total. The van der Waals surface area contributed by atoms with E-state index in [0.717, 1.165) is 4.47 Å². The Hall–Kier alpha value is -1.07. The summed E-state index contributed by atoms with van der Waals surface area (Å²) in [6, 6.07) is 5.28. The van der Waals surface area contributed by atoms with E-state index in [4.69, 9.17) is 10.5 Å². The fourth-order valence-electron chi connectivity index (χ4n) is 2.26. The third kappa shape index (κ3) is 3.03. The first-order chi connectivity index (χ1) is 8.45. The van der Waals surface area contributed by atoms with Crippen molar-refractivity contribution in [2.24, 2.45) is 0 Å². The fourth-order valence-corrected chi connectivity index (χ4v) is 2.77. The molecule has 1 amide bonds. The molecule has 18 heavy (non-hydrogen) atoms. The number of carbonyl (C=O) groups excluding carboxylic acids is 1. The maximum atomic E-state index is 12.4. The van der Waals surface area contributed by atoms with Gasteiger partial charge < -0.3 is 15.4 Å². The van der Waals surface area contributed by atoms with Crippen molar-refractivity contribution in [1.29, 1.82) is 0 Å². The van der Waals surface area contributed by atoms with Gasteiger partial charge in [0, 0.05) is 28.8 Å². The maximum absolute atomic E-state index is 12.4. The number of halogens is 1. The van der Waals surface area contributed by atoms with Crippen molar-refractivity contribution in [2.75, 3.05) is 18.8 Å². The van der Waals surface area contributed by atoms with E-state index in [1.807, 2.05) is 18.7 Å². The Morgan fingerprint density at radius 3 is 2.50 bits per heavy atom. The molecule has 1 aromatic carbocycles. The molecule has 1 aromatic rings. The number of nitrogen functional groups attached to an aromatic ring is 1. The van der Waals surface area contributed by atoms with Gasteiger partial charge in [-0.3, -0.25) is 4.79 Å². The third-order valence-electron chi connectivity index (χ3n) is 2.87. The summed E-state index contributed by atoms with van der Waals surface area (Å²) in [5.41, 5.74) is 6.96. The second kappa shape index (κ2) is 5.28. The van der Waals surface area contributed by atoms with Crippen molar-refractivity contribution in [3.05, 3.63) is 28.2 Å². The number of hydrogen-bond donors (Lipinski definition) is 1. The van der Waals surface area contributed by atoms with Crippen molar-refractivity contribution >= 4 is 27.5 Å². The molecule has 1 aliphatic heterocycles. The number of rotatable bonds is 1. The molecular formula is C13H17BrN2O2. The molecule has 0 aliphatic carbocycles. The summed E-state index contributed by atoms with van der Waals surface area (Å²) in [5, 5.41) is 0. The Labute approximate surface area is 115 Å². The topological polar surface area (TPSA) is 55.6 Å². The number of nitrogens with zero attached hydrogens (tertiary/aromatic N) is 1. The van der Waals surface area contributed by atoms with Crippen molar-refractivity contribution in [3.8, 4) is 0 Å². The number of morpholine rings is 1. The summed E-state index contributed by atoms with van der Waals surface area (Å²) < 4.78 is 6.44. The second-order valence-corrected chi connectivity index (χ2v) is 5.66. The summed E-state index contributed by atoms with van der Waals surface area (Å²) in [6.45, 7) is 5.20. The normalized spacial score (nSPS) is 24.1. The standard InChI is InChI=1S/C13H17BrN2O2/c1-8-6-16(7-9(2)18-8)13(17)10-3-11(14)5-12(15)4-10/h3-5,8-9H,6-7,15H2,1-2H3. The van der Waals surface area contributed by atoms with Gasteiger partial charge in [-0.1, -0.05) is 15.9 Å². The van der Waals surface area contributed by atoms with Crippen molar-refractivity contribution < 1.29 is 9.53 Å². The minimum atomic E-state index is 0.00463. The van der Waals surface area contributed by atoms with E-state index >= 15 is 0 Å². The van der Waals surface area contributed by atoms with Gasteiger partial charge in [0.2, 0.25) is 0 Å². The van der Waals surface area contributed by atoms with Crippen LogP contribution in [0.25, 0.3) is 0 Å². The number of nitrogens with two attached hydrogens (primary N) is 1. The van der Waals surface area contributed by atoms with Crippen LogP contribution in [-0.4, -0.2) is 36.1 Å². The van der Waals surface area contributed by atoms with Gasteiger partial charge in [0.1, 0.15) is 0 Å². The zero-order chi connectivity index (χ0) is 13.3. The highest BCUT2D eigenvalue weighted by Gasteiger charge is 2.26. The van der Waals surface area contributed by atoms with E-state index in [2.05, 4.69) is 15.9 Å². The number of hydrogen-bond acceptors (Lipinski definition) is 3. The lowest BCUT2D eigenvalue weighted by Gasteiger charge is -2.35. The van der Waals surface area contributed by atoms with Gasteiger partial charge in [-0.05, 0) is 32.0 Å². The van der Waals surface area contributed by atoms with Crippen molar-refractivity contribution in [1.82, 2.24) is 4.90 Å². The van der Waals surface area contributed by atoms with Crippen LogP contribution in [0.15, 0.2) is 22.7 Å². The minimum absolute atomic E-state index is 0.00463. The Morgan fingerprint density at radius 1 is 1.33 bits per heavy atom. The molecule has 1 saturated heterocycles. The maximum Gasteiger partial charge on any atom is 0.254 e. The van der Waals surface area contributed by atoms with Crippen molar-refractivity contribution in [2.45, 2.75) is 26.1 Å². The van der Waals surface area contributed by atoms with Crippen LogP contribution in [-0.2, 0) is 4.74 Å². The molecular weight excluding hydrogens is 296 g/mol. The summed E-state index contributed by atoms with van der Waals surface area (Å²) in [5.74, 6) is 0.00463. The predicted octanol–water partition coefficient (Wildman–Crippen LogP) is 2.28. The first-order valence-electron chi connectivity index (χ1n) is 5.96. The van der Waals surface area contributed by atoms with Crippen LogP contribution < -0.4 is 5.73 Å². The summed E-state index contributed by atoms with van der Waals surface area (Å²) in [6.07, 6.45) is 0.143. The molecule has 0 radical (unpaired) electrons. The monoisotopic (exact) mass is 312 g/mol. The van der Waals surface area contributed by atoms with Gasteiger partial charge in [0.15, 0.2) is 0 Å². The summed E-state index contributed by atoms with van der Waals surface area (Å²) >= 11 is 3.35. The van der Waals surface area contributed by atoms with Crippen LogP contribution in [0, 0.1) is 0 Å². The Morgan fingerprint density at radius 2 is 1.94 bits per heavy atom. The van der Waals surface area contributed by atoms with Gasteiger partial charge in [0.25, 0.3) is 5.91 Å². The molecule has 0 saturated carbocycles. The van der Waals surface area contributed by atoms with Gasteiger partial charge in [-0.15, -0.1) is 0 Å². The molecule has 2 unspecified atom stereocenters. The SMILES string of the molecule is CC1CN(C(=O)c2cc(N)cc(Br)c2)CC(C)O1. The molecule has 1 aliphatic rings. The lowest BCUT2D eigenvalue weighted by Crippen LogP contribution is -2.48. The zero-order valence-electron chi connectivity index (χ0n) is 10.5. The van der Waals surface area contributed by atoms with E-state index in [-0.39, 0.29) is 18.1 Å². The van der Waals surface area contributed by atoms with Crippen LogP contribution >= 0.6 is 15.9 Å². The largest absolute Gasteiger partial charge is 0.399 e. The molecule has 0 spiro atoms. The Bertz CT molecular complexity index is 434. The Kier molecular flexibility index (Phi) is 3.92. The molecule has 2 atom stereocenters. The summed E-state index contributed by atoms with van der Waals surface area (Å²) in [4.78, 5) is 14.2.